The third kappa shape index (κ3) is 1.28. The summed E-state index contributed by atoms with van der Waals surface area (Å²) in [4.78, 5) is 10.7. The fourth-order valence-electron chi connectivity index (χ4n) is 1.59. The van der Waals surface area contributed by atoms with Gasteiger partial charge in [-0.3, -0.25) is 0 Å². The van der Waals surface area contributed by atoms with Crippen LogP contribution in [0.15, 0.2) is 12.2 Å². The summed E-state index contributed by atoms with van der Waals surface area (Å²) in [6.45, 7) is 1.05. The SMILES string of the molecule is O=C1C=C[C@H]([C@H]2CCCN2)O1. The van der Waals surface area contributed by atoms with Crippen molar-refractivity contribution in [3.63, 3.8) is 0 Å². The lowest BCUT2D eigenvalue weighted by atomic mass is 10.1. The summed E-state index contributed by atoms with van der Waals surface area (Å²) in [6.07, 6.45) is 5.63. The fourth-order valence-corrected chi connectivity index (χ4v) is 1.59. The Balaban J connectivity index is 1.96. The zero-order chi connectivity index (χ0) is 7.68. The van der Waals surface area contributed by atoms with E-state index in [4.69, 9.17) is 4.74 Å². The first kappa shape index (κ1) is 6.85. The van der Waals surface area contributed by atoms with Gasteiger partial charge in [0.05, 0.1) is 0 Å². The van der Waals surface area contributed by atoms with Crippen molar-refractivity contribution in [1.82, 2.24) is 5.32 Å². The van der Waals surface area contributed by atoms with Crippen LogP contribution < -0.4 is 5.32 Å². The van der Waals surface area contributed by atoms with Crippen molar-refractivity contribution in [2.75, 3.05) is 6.54 Å². The van der Waals surface area contributed by atoms with Gasteiger partial charge in [0.1, 0.15) is 6.10 Å². The molecule has 1 fully saturated rings. The molecule has 0 aliphatic carbocycles. The summed E-state index contributed by atoms with van der Waals surface area (Å²) in [6, 6.07) is 0.359. The van der Waals surface area contributed by atoms with Crippen LogP contribution in [0.3, 0.4) is 0 Å². The van der Waals surface area contributed by atoms with Crippen LogP contribution in [0, 0.1) is 0 Å². The summed E-state index contributed by atoms with van der Waals surface area (Å²) < 4.78 is 5.03. The van der Waals surface area contributed by atoms with Gasteiger partial charge in [0.25, 0.3) is 0 Å². The smallest absolute Gasteiger partial charge is 0.331 e. The first-order valence-electron chi connectivity index (χ1n) is 3.98. The molecule has 0 aromatic carbocycles. The van der Waals surface area contributed by atoms with E-state index in [1.807, 2.05) is 6.08 Å². The highest BCUT2D eigenvalue weighted by atomic mass is 16.5. The molecule has 1 N–H and O–H groups in total. The molecular weight excluding hydrogens is 142 g/mol. The van der Waals surface area contributed by atoms with Crippen molar-refractivity contribution >= 4 is 5.97 Å². The number of nitrogens with one attached hydrogen (secondary N) is 1. The maximum atomic E-state index is 10.7. The number of ether oxygens (including phenoxy) is 1. The van der Waals surface area contributed by atoms with Gasteiger partial charge in [0.2, 0.25) is 0 Å². The number of carbonyl (C=O) groups is 1. The molecule has 0 radical (unpaired) electrons. The molecule has 0 amide bonds. The van der Waals surface area contributed by atoms with Gasteiger partial charge in [-0.05, 0) is 25.5 Å². The second kappa shape index (κ2) is 2.66. The molecule has 0 aromatic heterocycles. The molecule has 2 aliphatic rings. The molecule has 1 saturated heterocycles. The Morgan fingerprint density at radius 2 is 2.55 bits per heavy atom. The van der Waals surface area contributed by atoms with E-state index < -0.39 is 0 Å². The average molecular weight is 153 g/mol. The van der Waals surface area contributed by atoms with Crippen LogP contribution in [-0.4, -0.2) is 24.7 Å². The molecule has 2 rings (SSSR count). The molecule has 60 valence electrons. The highest BCUT2D eigenvalue weighted by Gasteiger charge is 2.28. The lowest BCUT2D eigenvalue weighted by molar-refractivity contribution is -0.139. The van der Waals surface area contributed by atoms with Gasteiger partial charge in [-0.15, -0.1) is 0 Å². The van der Waals surface area contributed by atoms with Crippen molar-refractivity contribution in [3.05, 3.63) is 12.2 Å². The lowest BCUT2D eigenvalue weighted by Gasteiger charge is -2.15. The summed E-state index contributed by atoms with van der Waals surface area (Å²) >= 11 is 0. The van der Waals surface area contributed by atoms with E-state index in [0.717, 1.165) is 13.0 Å². The Hall–Kier alpha value is -0.830. The Labute approximate surface area is 65.4 Å². The lowest BCUT2D eigenvalue weighted by Crippen LogP contribution is -2.34. The number of hydrogen-bond donors (Lipinski definition) is 1. The monoisotopic (exact) mass is 153 g/mol. The molecule has 3 heteroatoms. The van der Waals surface area contributed by atoms with E-state index in [1.54, 1.807) is 0 Å². The van der Waals surface area contributed by atoms with Gasteiger partial charge >= 0.3 is 5.97 Å². The number of carbonyl (C=O) groups excluding carboxylic acids is 1. The fraction of sp³-hybridized carbons (Fsp3) is 0.625. The van der Waals surface area contributed by atoms with Crippen LogP contribution >= 0.6 is 0 Å². The summed E-state index contributed by atoms with van der Waals surface area (Å²) in [5.74, 6) is -0.205. The first-order valence-corrected chi connectivity index (χ1v) is 3.98. The topological polar surface area (TPSA) is 38.3 Å². The van der Waals surface area contributed by atoms with Crippen molar-refractivity contribution < 1.29 is 9.53 Å². The van der Waals surface area contributed by atoms with E-state index in [0.29, 0.717) is 6.04 Å². The highest BCUT2D eigenvalue weighted by molar-refractivity contribution is 5.84. The maximum absolute atomic E-state index is 10.7. The standard InChI is InChI=1S/C8H11NO2/c10-8-4-3-7(11-8)6-2-1-5-9-6/h3-4,6-7,9H,1-2,5H2/t6-,7-/m1/s1. The third-order valence-electron chi connectivity index (χ3n) is 2.17. The second-order valence-electron chi connectivity index (χ2n) is 2.96. The van der Waals surface area contributed by atoms with Crippen LogP contribution in [0.4, 0.5) is 0 Å². The summed E-state index contributed by atoms with van der Waals surface area (Å²) in [7, 11) is 0. The number of hydrogen-bond acceptors (Lipinski definition) is 3. The molecule has 0 aromatic rings. The molecule has 2 heterocycles. The van der Waals surface area contributed by atoms with Gasteiger partial charge in [-0.1, -0.05) is 0 Å². The Morgan fingerprint density at radius 1 is 1.64 bits per heavy atom. The average Bonchev–Trinajstić information content (AvgIpc) is 2.55. The molecule has 2 atom stereocenters. The van der Waals surface area contributed by atoms with Crippen molar-refractivity contribution in [2.45, 2.75) is 25.0 Å². The molecule has 0 spiro atoms. The predicted molar refractivity (Wildman–Crippen MR) is 40.0 cm³/mol. The molecule has 0 saturated carbocycles. The maximum Gasteiger partial charge on any atom is 0.331 e. The van der Waals surface area contributed by atoms with E-state index in [2.05, 4.69) is 5.32 Å². The molecule has 11 heavy (non-hydrogen) atoms. The van der Waals surface area contributed by atoms with Crippen LogP contribution in [0.2, 0.25) is 0 Å². The second-order valence-corrected chi connectivity index (χ2v) is 2.96. The quantitative estimate of drug-likeness (QED) is 0.548. The van der Waals surface area contributed by atoms with Crippen molar-refractivity contribution in [2.24, 2.45) is 0 Å². The first-order chi connectivity index (χ1) is 5.36. The highest BCUT2D eigenvalue weighted by Crippen LogP contribution is 2.16. The van der Waals surface area contributed by atoms with Gasteiger partial charge in [-0.2, -0.15) is 0 Å². The van der Waals surface area contributed by atoms with Crippen LogP contribution in [0.25, 0.3) is 0 Å². The minimum atomic E-state index is -0.205. The Kier molecular flexibility index (Phi) is 1.66. The van der Waals surface area contributed by atoms with Crippen LogP contribution in [0.5, 0.6) is 0 Å². The Bertz CT molecular complexity index is 194. The number of esters is 1. The normalized spacial score (nSPS) is 36.2. The van der Waals surface area contributed by atoms with Gasteiger partial charge in [0, 0.05) is 12.1 Å². The van der Waals surface area contributed by atoms with E-state index in [1.165, 1.54) is 12.5 Å². The van der Waals surface area contributed by atoms with Crippen molar-refractivity contribution in [1.29, 1.82) is 0 Å². The molecule has 0 unspecified atom stereocenters. The Morgan fingerprint density at radius 3 is 3.09 bits per heavy atom. The van der Waals surface area contributed by atoms with E-state index in [9.17, 15) is 4.79 Å². The van der Waals surface area contributed by atoms with Crippen LogP contribution in [0.1, 0.15) is 12.8 Å². The third-order valence-corrected chi connectivity index (χ3v) is 2.17. The molecule has 2 aliphatic heterocycles. The molecular formula is C8H11NO2. The summed E-state index contributed by atoms with van der Waals surface area (Å²) in [5, 5.41) is 3.29. The van der Waals surface area contributed by atoms with E-state index >= 15 is 0 Å². The largest absolute Gasteiger partial charge is 0.453 e. The number of rotatable bonds is 1. The predicted octanol–water partition coefficient (Wildman–Crippen LogP) is 0.220. The van der Waals surface area contributed by atoms with Crippen LogP contribution in [-0.2, 0) is 9.53 Å². The number of cyclic esters (lactones) is 1. The zero-order valence-electron chi connectivity index (χ0n) is 6.25. The van der Waals surface area contributed by atoms with Crippen molar-refractivity contribution in [3.8, 4) is 0 Å². The summed E-state index contributed by atoms with van der Waals surface area (Å²) in [5.41, 5.74) is 0. The minimum absolute atomic E-state index is 0.00926. The minimum Gasteiger partial charge on any atom is -0.453 e. The molecule has 0 bridgehead atoms. The van der Waals surface area contributed by atoms with Gasteiger partial charge in [-0.25, -0.2) is 4.79 Å². The van der Waals surface area contributed by atoms with Gasteiger partial charge < -0.3 is 10.1 Å². The van der Waals surface area contributed by atoms with E-state index in [-0.39, 0.29) is 12.1 Å². The van der Waals surface area contributed by atoms with Gasteiger partial charge in [0.15, 0.2) is 0 Å². The molecule has 3 nitrogen and oxygen atoms in total. The zero-order valence-corrected chi connectivity index (χ0v) is 6.25.